The number of amides is 1. The van der Waals surface area contributed by atoms with Crippen LogP contribution in [0.2, 0.25) is 0 Å². The zero-order valence-corrected chi connectivity index (χ0v) is 18.0. The summed E-state index contributed by atoms with van der Waals surface area (Å²) in [5, 5.41) is 0. The molecule has 0 saturated heterocycles. The van der Waals surface area contributed by atoms with Crippen molar-refractivity contribution in [2.75, 3.05) is 26.2 Å². The normalized spacial score (nSPS) is 13.1. The maximum absolute atomic E-state index is 13.0. The Morgan fingerprint density at radius 2 is 1.57 bits per heavy atom. The van der Waals surface area contributed by atoms with Gasteiger partial charge in [0.15, 0.2) is 0 Å². The van der Waals surface area contributed by atoms with Crippen LogP contribution in [0.25, 0.3) is 0 Å². The molecule has 0 aliphatic carbocycles. The van der Waals surface area contributed by atoms with Gasteiger partial charge in [-0.05, 0) is 30.0 Å². The second-order valence-electron chi connectivity index (χ2n) is 7.91. The quantitative estimate of drug-likeness (QED) is 0.665. The summed E-state index contributed by atoms with van der Waals surface area (Å²) in [5.74, 6) is -0.844. The molecular formula is C19H29F3N2O3S. The number of sulfonamides is 1. The summed E-state index contributed by atoms with van der Waals surface area (Å²) in [4.78, 5) is 13.5. The summed E-state index contributed by atoms with van der Waals surface area (Å²) in [6, 6.07) is 3.99. The van der Waals surface area contributed by atoms with Crippen LogP contribution in [0.5, 0.6) is 0 Å². The number of aryl methyl sites for hydroxylation is 1. The fourth-order valence-electron chi connectivity index (χ4n) is 2.88. The molecule has 0 saturated carbocycles. The molecule has 1 aromatic carbocycles. The SMILES string of the molecule is CCN(CC)S(=O)(=O)c1cc(C(=O)N(CC(C)(C)C)CC(F)(F)F)ccc1C. The van der Waals surface area contributed by atoms with E-state index in [1.165, 1.54) is 22.5 Å². The summed E-state index contributed by atoms with van der Waals surface area (Å²) in [6.07, 6.45) is -4.55. The third-order valence-corrected chi connectivity index (χ3v) is 6.27. The number of alkyl halides is 3. The minimum Gasteiger partial charge on any atom is -0.329 e. The van der Waals surface area contributed by atoms with Gasteiger partial charge in [0.1, 0.15) is 6.54 Å². The van der Waals surface area contributed by atoms with Gasteiger partial charge in [-0.1, -0.05) is 40.7 Å². The third-order valence-electron chi connectivity index (χ3n) is 4.08. The second-order valence-corrected chi connectivity index (χ2v) is 9.81. The van der Waals surface area contributed by atoms with Gasteiger partial charge in [0.05, 0.1) is 4.90 Å². The highest BCUT2D eigenvalue weighted by Gasteiger charge is 2.35. The van der Waals surface area contributed by atoms with E-state index in [2.05, 4.69) is 0 Å². The van der Waals surface area contributed by atoms with Crippen LogP contribution in [-0.2, 0) is 10.0 Å². The molecule has 28 heavy (non-hydrogen) atoms. The lowest BCUT2D eigenvalue weighted by Crippen LogP contribution is -2.43. The van der Waals surface area contributed by atoms with Gasteiger partial charge in [-0.25, -0.2) is 8.42 Å². The summed E-state index contributed by atoms with van der Waals surface area (Å²) >= 11 is 0. The van der Waals surface area contributed by atoms with Crippen molar-refractivity contribution in [3.8, 4) is 0 Å². The zero-order valence-electron chi connectivity index (χ0n) is 17.2. The van der Waals surface area contributed by atoms with Crippen molar-refractivity contribution >= 4 is 15.9 Å². The van der Waals surface area contributed by atoms with Crippen molar-refractivity contribution in [1.29, 1.82) is 0 Å². The van der Waals surface area contributed by atoms with E-state index in [1.54, 1.807) is 41.5 Å². The first-order chi connectivity index (χ1) is 12.6. The number of halogens is 3. The van der Waals surface area contributed by atoms with Crippen LogP contribution in [-0.4, -0.2) is 55.9 Å². The van der Waals surface area contributed by atoms with E-state index < -0.39 is 34.1 Å². The highest BCUT2D eigenvalue weighted by molar-refractivity contribution is 7.89. The highest BCUT2D eigenvalue weighted by atomic mass is 32.2. The van der Waals surface area contributed by atoms with Gasteiger partial charge >= 0.3 is 6.18 Å². The first-order valence-electron chi connectivity index (χ1n) is 9.09. The second kappa shape index (κ2) is 8.82. The Bertz CT molecular complexity index is 780. The van der Waals surface area contributed by atoms with Gasteiger partial charge in [-0.3, -0.25) is 4.79 Å². The van der Waals surface area contributed by atoms with Gasteiger partial charge in [0.25, 0.3) is 5.91 Å². The number of nitrogens with zero attached hydrogens (tertiary/aromatic N) is 2. The molecule has 5 nitrogen and oxygen atoms in total. The Morgan fingerprint density at radius 3 is 2.00 bits per heavy atom. The smallest absolute Gasteiger partial charge is 0.329 e. The molecule has 0 atom stereocenters. The summed E-state index contributed by atoms with van der Waals surface area (Å²) in [5.41, 5.74) is -0.201. The molecule has 1 amide bonds. The summed E-state index contributed by atoms with van der Waals surface area (Å²) < 4.78 is 65.9. The molecule has 0 spiro atoms. The topological polar surface area (TPSA) is 57.7 Å². The van der Waals surface area contributed by atoms with Crippen molar-refractivity contribution < 1.29 is 26.4 Å². The third kappa shape index (κ3) is 6.48. The van der Waals surface area contributed by atoms with Crippen molar-refractivity contribution in [2.45, 2.75) is 52.6 Å². The summed E-state index contributed by atoms with van der Waals surface area (Å²) in [6.45, 7) is 9.17. The van der Waals surface area contributed by atoms with Crippen LogP contribution in [0.3, 0.4) is 0 Å². The van der Waals surface area contributed by atoms with E-state index in [9.17, 15) is 26.4 Å². The van der Waals surface area contributed by atoms with E-state index in [0.29, 0.717) is 5.56 Å². The van der Waals surface area contributed by atoms with Crippen LogP contribution >= 0.6 is 0 Å². The van der Waals surface area contributed by atoms with Crippen LogP contribution in [0, 0.1) is 12.3 Å². The van der Waals surface area contributed by atoms with Crippen molar-refractivity contribution in [1.82, 2.24) is 9.21 Å². The largest absolute Gasteiger partial charge is 0.406 e. The fraction of sp³-hybridized carbons (Fsp3) is 0.632. The Kier molecular flexibility index (Phi) is 7.69. The summed E-state index contributed by atoms with van der Waals surface area (Å²) in [7, 11) is -3.84. The van der Waals surface area contributed by atoms with Crippen molar-refractivity contribution in [3.63, 3.8) is 0 Å². The van der Waals surface area contributed by atoms with Crippen LogP contribution < -0.4 is 0 Å². The molecule has 0 unspecified atom stereocenters. The average molecular weight is 423 g/mol. The minimum absolute atomic E-state index is 0.0650. The Balaban J connectivity index is 3.40. The first kappa shape index (κ1) is 24.4. The van der Waals surface area contributed by atoms with Crippen LogP contribution in [0.15, 0.2) is 23.1 Å². The molecule has 0 aliphatic rings. The Labute approximate surface area is 165 Å². The lowest BCUT2D eigenvalue weighted by Gasteiger charge is -2.31. The van der Waals surface area contributed by atoms with Crippen LogP contribution in [0.1, 0.15) is 50.5 Å². The van der Waals surface area contributed by atoms with E-state index in [1.807, 2.05) is 0 Å². The minimum atomic E-state index is -4.55. The lowest BCUT2D eigenvalue weighted by molar-refractivity contribution is -0.142. The van der Waals surface area contributed by atoms with Gasteiger partial charge in [-0.2, -0.15) is 17.5 Å². The average Bonchev–Trinajstić information content (AvgIpc) is 2.52. The van der Waals surface area contributed by atoms with Gasteiger partial charge < -0.3 is 4.90 Å². The highest BCUT2D eigenvalue weighted by Crippen LogP contribution is 2.26. The number of hydrogen-bond donors (Lipinski definition) is 0. The molecule has 1 aromatic rings. The molecule has 160 valence electrons. The van der Waals surface area contributed by atoms with E-state index in [0.717, 1.165) is 4.90 Å². The molecule has 0 N–H and O–H groups in total. The molecule has 0 bridgehead atoms. The van der Waals surface area contributed by atoms with Gasteiger partial charge in [0.2, 0.25) is 10.0 Å². The van der Waals surface area contributed by atoms with Crippen LogP contribution in [0.4, 0.5) is 13.2 Å². The maximum Gasteiger partial charge on any atom is 0.406 e. The van der Waals surface area contributed by atoms with E-state index in [-0.39, 0.29) is 30.1 Å². The van der Waals surface area contributed by atoms with Crippen molar-refractivity contribution in [3.05, 3.63) is 29.3 Å². The molecule has 1 rings (SSSR count). The number of rotatable bonds is 7. The molecular weight excluding hydrogens is 393 g/mol. The first-order valence-corrected chi connectivity index (χ1v) is 10.5. The fourth-order valence-corrected chi connectivity index (χ4v) is 4.59. The number of carbonyl (C=O) groups is 1. The lowest BCUT2D eigenvalue weighted by atomic mass is 9.95. The molecule has 0 aliphatic heterocycles. The number of carbonyl (C=O) groups excluding carboxylic acids is 1. The standard InChI is InChI=1S/C19H29F3N2O3S/c1-7-24(8-2)28(26,27)16-11-15(10-9-14(16)3)17(25)23(12-18(4,5)6)13-19(20,21)22/h9-11H,7-8,12-13H2,1-6H3. The Hall–Kier alpha value is -1.61. The van der Waals surface area contributed by atoms with Gasteiger partial charge in [0, 0.05) is 25.2 Å². The number of hydrogen-bond acceptors (Lipinski definition) is 3. The molecule has 0 aromatic heterocycles. The predicted octanol–water partition coefficient (Wildman–Crippen LogP) is 4.08. The van der Waals surface area contributed by atoms with Crippen molar-refractivity contribution in [2.24, 2.45) is 5.41 Å². The monoisotopic (exact) mass is 422 g/mol. The zero-order chi connectivity index (χ0) is 21.9. The predicted molar refractivity (Wildman–Crippen MR) is 103 cm³/mol. The molecule has 0 heterocycles. The van der Waals surface area contributed by atoms with E-state index in [4.69, 9.17) is 0 Å². The Morgan fingerprint density at radius 1 is 1.04 bits per heavy atom. The molecule has 0 radical (unpaired) electrons. The van der Waals surface area contributed by atoms with E-state index >= 15 is 0 Å². The molecule has 0 fully saturated rings. The molecule has 9 heteroatoms. The van der Waals surface area contributed by atoms with Gasteiger partial charge in [-0.15, -0.1) is 0 Å². The maximum atomic E-state index is 13.0. The number of benzene rings is 1.